The fourth-order valence-electron chi connectivity index (χ4n) is 5.05. The number of hydrogen-bond acceptors (Lipinski definition) is 7. The normalized spacial score (nSPS) is 29.0. The lowest BCUT2D eigenvalue weighted by molar-refractivity contribution is -0.196. The molecule has 0 bridgehead atoms. The van der Waals surface area contributed by atoms with Crippen LogP contribution in [0.5, 0.6) is 0 Å². The summed E-state index contributed by atoms with van der Waals surface area (Å²) in [5, 5.41) is 20.5. The number of ether oxygens (including phenoxy) is 5. The first kappa shape index (κ1) is 29.2. The monoisotopic (exact) mass is 506 g/mol. The van der Waals surface area contributed by atoms with Crippen LogP contribution >= 0.6 is 0 Å². The third-order valence-electron chi connectivity index (χ3n) is 7.61. The maximum atomic E-state index is 10.7. The third-order valence-corrected chi connectivity index (χ3v) is 7.61. The molecule has 2 N–H and O–H groups in total. The van der Waals surface area contributed by atoms with E-state index in [2.05, 4.69) is 26.8 Å². The number of benzene rings is 1. The molecule has 2 unspecified atom stereocenters. The standard InChI is InChI=1S/C29H46O7/c1-23(2)12-16-29(34-17-18-35-29)24(3)9-8-14-27(4)26(13-15-28(31,20-30)21-36-27)33-22-32-19-25-10-6-5-7-11-25/h5-7,10-12,24,26,30-31H,8-9,13-22H2,1-4H3/t24?,26-,27+,28?/m1/s1. The van der Waals surface area contributed by atoms with Gasteiger partial charge in [-0.2, -0.15) is 0 Å². The predicted octanol–water partition coefficient (Wildman–Crippen LogP) is 4.74. The highest BCUT2D eigenvalue weighted by Gasteiger charge is 2.45. The van der Waals surface area contributed by atoms with E-state index in [1.807, 2.05) is 37.3 Å². The van der Waals surface area contributed by atoms with Gasteiger partial charge in [0.15, 0.2) is 5.79 Å². The molecule has 0 spiro atoms. The first-order chi connectivity index (χ1) is 17.2. The van der Waals surface area contributed by atoms with Crippen LogP contribution in [0, 0.1) is 5.92 Å². The van der Waals surface area contributed by atoms with Gasteiger partial charge in [-0.05, 0) is 52.0 Å². The summed E-state index contributed by atoms with van der Waals surface area (Å²) < 4.78 is 30.4. The average molecular weight is 507 g/mol. The van der Waals surface area contributed by atoms with Gasteiger partial charge < -0.3 is 33.9 Å². The molecule has 36 heavy (non-hydrogen) atoms. The molecule has 1 aromatic rings. The predicted molar refractivity (Wildman–Crippen MR) is 138 cm³/mol. The van der Waals surface area contributed by atoms with Crippen LogP contribution in [-0.2, 0) is 30.3 Å². The van der Waals surface area contributed by atoms with Gasteiger partial charge in [-0.25, -0.2) is 0 Å². The van der Waals surface area contributed by atoms with Gasteiger partial charge in [0.05, 0.1) is 44.7 Å². The zero-order valence-electron chi connectivity index (χ0n) is 22.5. The summed E-state index contributed by atoms with van der Waals surface area (Å²) in [6.45, 7) is 10.0. The minimum absolute atomic E-state index is 0.0804. The molecular weight excluding hydrogens is 460 g/mol. The van der Waals surface area contributed by atoms with Crippen LogP contribution in [0.25, 0.3) is 0 Å². The highest BCUT2D eigenvalue weighted by atomic mass is 16.7. The van der Waals surface area contributed by atoms with E-state index in [0.29, 0.717) is 32.7 Å². The molecule has 7 heteroatoms. The lowest BCUT2D eigenvalue weighted by atomic mass is 9.85. The topological polar surface area (TPSA) is 86.6 Å². The summed E-state index contributed by atoms with van der Waals surface area (Å²) in [5.41, 5.74) is 0.478. The smallest absolute Gasteiger partial charge is 0.174 e. The van der Waals surface area contributed by atoms with Crippen LogP contribution in [-0.4, -0.2) is 66.5 Å². The largest absolute Gasteiger partial charge is 0.393 e. The number of aliphatic hydroxyl groups is 2. The SMILES string of the molecule is CC(C)=CCC1(C(C)CCC[C@]2(C)OCC(O)(CO)CC[C@H]2OCOCc2ccccc2)OCCO1. The molecule has 2 fully saturated rings. The first-order valence-corrected chi connectivity index (χ1v) is 13.3. The van der Waals surface area contributed by atoms with E-state index in [4.69, 9.17) is 23.7 Å². The van der Waals surface area contributed by atoms with E-state index in [-0.39, 0.29) is 32.0 Å². The third kappa shape index (κ3) is 8.09. The molecule has 0 aromatic heterocycles. The van der Waals surface area contributed by atoms with Gasteiger partial charge in [-0.3, -0.25) is 0 Å². The molecule has 2 aliphatic rings. The van der Waals surface area contributed by atoms with Crippen molar-refractivity contribution in [3.63, 3.8) is 0 Å². The quantitative estimate of drug-likeness (QED) is 0.227. The molecule has 0 saturated carbocycles. The van der Waals surface area contributed by atoms with E-state index < -0.39 is 17.0 Å². The number of aliphatic hydroxyl groups excluding tert-OH is 1. The van der Waals surface area contributed by atoms with Crippen molar-refractivity contribution in [1.82, 2.24) is 0 Å². The summed E-state index contributed by atoms with van der Waals surface area (Å²) in [7, 11) is 0. The Kier molecular flexibility index (Phi) is 10.9. The van der Waals surface area contributed by atoms with Crippen molar-refractivity contribution < 1.29 is 33.9 Å². The molecule has 3 rings (SSSR count). The Bertz CT molecular complexity index is 803. The van der Waals surface area contributed by atoms with E-state index in [9.17, 15) is 10.2 Å². The van der Waals surface area contributed by atoms with Crippen molar-refractivity contribution in [2.24, 2.45) is 5.92 Å². The second-order valence-electron chi connectivity index (χ2n) is 10.9. The van der Waals surface area contributed by atoms with Gasteiger partial charge in [0.25, 0.3) is 0 Å². The van der Waals surface area contributed by atoms with Gasteiger partial charge in [-0.1, -0.05) is 55.3 Å². The van der Waals surface area contributed by atoms with Crippen molar-refractivity contribution in [3.8, 4) is 0 Å². The fraction of sp³-hybridized carbons (Fsp3) is 0.724. The van der Waals surface area contributed by atoms with Crippen molar-refractivity contribution in [1.29, 1.82) is 0 Å². The maximum absolute atomic E-state index is 10.7. The highest BCUT2D eigenvalue weighted by Crippen LogP contribution is 2.38. The molecule has 2 saturated heterocycles. The zero-order valence-corrected chi connectivity index (χ0v) is 22.5. The molecule has 0 amide bonds. The van der Waals surface area contributed by atoms with Crippen LogP contribution in [0.4, 0.5) is 0 Å². The Morgan fingerprint density at radius 3 is 2.56 bits per heavy atom. The second-order valence-corrected chi connectivity index (χ2v) is 10.9. The Balaban J connectivity index is 1.58. The average Bonchev–Trinajstić information content (AvgIpc) is 3.32. The minimum atomic E-state index is -1.25. The zero-order chi connectivity index (χ0) is 26.1. The molecule has 0 radical (unpaired) electrons. The number of rotatable bonds is 13. The lowest BCUT2D eigenvalue weighted by Crippen LogP contribution is -2.45. The van der Waals surface area contributed by atoms with E-state index in [1.54, 1.807) is 0 Å². The molecule has 204 valence electrons. The van der Waals surface area contributed by atoms with Crippen molar-refractivity contribution >= 4 is 0 Å². The molecule has 0 aliphatic carbocycles. The van der Waals surface area contributed by atoms with E-state index in [0.717, 1.165) is 31.2 Å². The lowest BCUT2D eigenvalue weighted by Gasteiger charge is -2.37. The first-order valence-electron chi connectivity index (χ1n) is 13.3. The van der Waals surface area contributed by atoms with Crippen LogP contribution in [0.2, 0.25) is 0 Å². The molecule has 4 atom stereocenters. The van der Waals surface area contributed by atoms with Gasteiger partial charge in [0, 0.05) is 12.3 Å². The van der Waals surface area contributed by atoms with Crippen molar-refractivity contribution in [3.05, 3.63) is 47.5 Å². The summed E-state index contributed by atoms with van der Waals surface area (Å²) >= 11 is 0. The minimum Gasteiger partial charge on any atom is -0.393 e. The Labute approximate surface area is 216 Å². The van der Waals surface area contributed by atoms with Gasteiger partial charge >= 0.3 is 0 Å². The highest BCUT2D eigenvalue weighted by molar-refractivity contribution is 5.13. The van der Waals surface area contributed by atoms with Crippen LogP contribution in [0.3, 0.4) is 0 Å². The summed E-state index contributed by atoms with van der Waals surface area (Å²) in [6, 6.07) is 9.98. The van der Waals surface area contributed by atoms with Gasteiger partial charge in [0.1, 0.15) is 12.4 Å². The Hall–Kier alpha value is -1.32. The molecule has 2 aliphatic heterocycles. The molecule has 2 heterocycles. The summed E-state index contributed by atoms with van der Waals surface area (Å²) in [6.07, 6.45) is 6.22. The number of hydrogen-bond donors (Lipinski definition) is 2. The van der Waals surface area contributed by atoms with Crippen molar-refractivity contribution in [2.45, 2.75) is 95.9 Å². The molecule has 7 nitrogen and oxygen atoms in total. The van der Waals surface area contributed by atoms with Crippen molar-refractivity contribution in [2.75, 3.05) is 33.2 Å². The van der Waals surface area contributed by atoms with Gasteiger partial charge in [-0.15, -0.1) is 0 Å². The second kappa shape index (κ2) is 13.5. The Morgan fingerprint density at radius 1 is 1.17 bits per heavy atom. The van der Waals surface area contributed by atoms with Crippen LogP contribution in [0.15, 0.2) is 42.0 Å². The van der Waals surface area contributed by atoms with E-state index in [1.165, 1.54) is 5.57 Å². The Morgan fingerprint density at radius 2 is 1.89 bits per heavy atom. The summed E-state index contributed by atoms with van der Waals surface area (Å²) in [5.74, 6) is -0.353. The number of allylic oxidation sites excluding steroid dienone is 1. The van der Waals surface area contributed by atoms with Crippen LogP contribution < -0.4 is 0 Å². The molecular formula is C29H46O7. The van der Waals surface area contributed by atoms with Crippen LogP contribution in [0.1, 0.15) is 71.8 Å². The van der Waals surface area contributed by atoms with Gasteiger partial charge in [0.2, 0.25) is 0 Å². The fourth-order valence-corrected chi connectivity index (χ4v) is 5.05. The van der Waals surface area contributed by atoms with E-state index >= 15 is 0 Å². The molecule has 1 aromatic carbocycles. The maximum Gasteiger partial charge on any atom is 0.174 e. The summed E-state index contributed by atoms with van der Waals surface area (Å²) in [4.78, 5) is 0.